The lowest BCUT2D eigenvalue weighted by atomic mass is 9.96. The van der Waals surface area contributed by atoms with E-state index in [1.165, 1.54) is 24.7 Å². The second-order valence-corrected chi connectivity index (χ2v) is 9.52. The van der Waals surface area contributed by atoms with E-state index in [2.05, 4.69) is 25.9 Å². The number of benzene rings is 1. The Kier molecular flexibility index (Phi) is 12.1. The highest BCUT2D eigenvalue weighted by atomic mass is 16.4. The number of nitrogens with one attached hydrogen (secondary N) is 4. The van der Waals surface area contributed by atoms with E-state index in [4.69, 9.17) is 10.8 Å². The number of aliphatic carboxylic acids is 2. The molecule has 0 saturated heterocycles. The van der Waals surface area contributed by atoms with Crippen molar-refractivity contribution in [3.63, 3.8) is 0 Å². The summed E-state index contributed by atoms with van der Waals surface area (Å²) in [5.74, 6) is -4.99. The number of nitrogens with zero attached hydrogens (tertiary/aromatic N) is 1. The van der Waals surface area contributed by atoms with Crippen LogP contribution >= 0.6 is 0 Å². The lowest BCUT2D eigenvalue weighted by Gasteiger charge is -2.28. The van der Waals surface area contributed by atoms with Gasteiger partial charge in [0, 0.05) is 31.2 Å². The number of nitrogens with two attached hydrogens (primary N) is 1. The van der Waals surface area contributed by atoms with Gasteiger partial charge >= 0.3 is 11.9 Å². The first-order valence-corrected chi connectivity index (χ1v) is 12.8. The highest BCUT2D eigenvalue weighted by molar-refractivity contribution is 5.94. The Morgan fingerprint density at radius 1 is 0.950 bits per heavy atom. The van der Waals surface area contributed by atoms with Crippen molar-refractivity contribution in [2.45, 2.75) is 70.1 Å². The van der Waals surface area contributed by atoms with Crippen LogP contribution in [0.15, 0.2) is 36.8 Å². The van der Waals surface area contributed by atoms with Gasteiger partial charge < -0.3 is 42.0 Å². The number of rotatable bonds is 16. The van der Waals surface area contributed by atoms with Gasteiger partial charge in [-0.25, -0.2) is 9.78 Å². The van der Waals surface area contributed by atoms with Crippen LogP contribution in [0.25, 0.3) is 0 Å². The van der Waals surface area contributed by atoms with Crippen LogP contribution in [0.4, 0.5) is 0 Å². The molecule has 2 aromatic rings. The Morgan fingerprint density at radius 2 is 1.60 bits per heavy atom. The number of phenolic OH excluding ortho intramolecular Hbond substituents is 1. The van der Waals surface area contributed by atoms with Crippen molar-refractivity contribution in [1.29, 1.82) is 0 Å². The van der Waals surface area contributed by atoms with Gasteiger partial charge in [0.05, 0.1) is 12.4 Å². The molecule has 9 N–H and O–H groups in total. The molecule has 2 rings (SSSR count). The molecule has 0 aliphatic carbocycles. The topological polar surface area (TPSA) is 237 Å². The number of H-pyrrole nitrogens is 1. The number of carboxylic acid groups (broad SMARTS) is 2. The molecular weight excluding hydrogens is 524 g/mol. The van der Waals surface area contributed by atoms with E-state index in [0.717, 1.165) is 0 Å². The number of carbonyl (C=O) groups is 5. The van der Waals surface area contributed by atoms with Gasteiger partial charge in [0.1, 0.15) is 23.9 Å². The van der Waals surface area contributed by atoms with Gasteiger partial charge in [-0.2, -0.15) is 0 Å². The zero-order valence-corrected chi connectivity index (χ0v) is 22.3. The Bertz CT molecular complexity index is 1150. The van der Waals surface area contributed by atoms with Crippen molar-refractivity contribution in [3.05, 3.63) is 48.0 Å². The zero-order chi connectivity index (χ0) is 29.8. The van der Waals surface area contributed by atoms with E-state index in [1.54, 1.807) is 26.0 Å². The van der Waals surface area contributed by atoms with Crippen LogP contribution in [-0.4, -0.2) is 79.1 Å². The molecule has 14 heteroatoms. The quantitative estimate of drug-likeness (QED) is 0.133. The molecule has 0 radical (unpaired) electrons. The fourth-order valence-electron chi connectivity index (χ4n) is 3.80. The Hall–Kier alpha value is -4.46. The normalized spacial score (nSPS) is 14.7. The van der Waals surface area contributed by atoms with Crippen LogP contribution in [-0.2, 0) is 36.8 Å². The third kappa shape index (κ3) is 10.0. The van der Waals surface area contributed by atoms with Crippen LogP contribution in [0.5, 0.6) is 5.75 Å². The minimum atomic E-state index is -1.33. The minimum Gasteiger partial charge on any atom is -0.508 e. The molecule has 218 valence electrons. The standard InChI is InChI=1S/C26H36N6O8/c1-3-14(2)22(32-23(36)18(27)8-9-21(34)35)25(38)30-19(10-15-4-6-17(33)7-5-15)24(37)31-20(26(39)40)11-16-12-28-13-29-16/h4-7,12-14,18-20,22,33H,3,8-11,27H2,1-2H3,(H,28,29)(H,30,38)(H,31,37)(H,32,36)(H,34,35)(H,39,40). The number of amides is 3. The van der Waals surface area contributed by atoms with Crippen molar-refractivity contribution in [1.82, 2.24) is 25.9 Å². The summed E-state index contributed by atoms with van der Waals surface area (Å²) in [6, 6.07) is 1.08. The first kappa shape index (κ1) is 31.8. The molecule has 0 saturated carbocycles. The van der Waals surface area contributed by atoms with Crippen molar-refractivity contribution in [3.8, 4) is 5.75 Å². The van der Waals surface area contributed by atoms with E-state index < -0.39 is 53.8 Å². The third-order valence-electron chi connectivity index (χ3n) is 6.40. The molecular formula is C26H36N6O8. The number of aromatic nitrogens is 2. The molecule has 5 atom stereocenters. The summed E-state index contributed by atoms with van der Waals surface area (Å²) in [6.07, 6.45) is 2.69. The summed E-state index contributed by atoms with van der Waals surface area (Å²) in [7, 11) is 0. The predicted molar refractivity (Wildman–Crippen MR) is 142 cm³/mol. The maximum absolute atomic E-state index is 13.4. The van der Waals surface area contributed by atoms with Gasteiger partial charge in [-0.1, -0.05) is 32.4 Å². The number of hydrogen-bond donors (Lipinski definition) is 8. The number of carboxylic acids is 2. The molecule has 5 unspecified atom stereocenters. The molecule has 1 aromatic heterocycles. The van der Waals surface area contributed by atoms with Gasteiger partial charge in [-0.3, -0.25) is 19.2 Å². The number of carbonyl (C=O) groups excluding carboxylic acids is 3. The van der Waals surface area contributed by atoms with E-state index >= 15 is 0 Å². The second kappa shape index (κ2) is 15.2. The Balaban J connectivity index is 2.25. The molecule has 0 bridgehead atoms. The van der Waals surface area contributed by atoms with E-state index in [0.29, 0.717) is 17.7 Å². The van der Waals surface area contributed by atoms with Gasteiger partial charge in [0.15, 0.2) is 0 Å². The fourth-order valence-corrected chi connectivity index (χ4v) is 3.80. The summed E-state index contributed by atoms with van der Waals surface area (Å²) in [5, 5.41) is 35.7. The number of hydrogen-bond acceptors (Lipinski definition) is 8. The first-order valence-electron chi connectivity index (χ1n) is 12.8. The van der Waals surface area contributed by atoms with Gasteiger partial charge in [-0.05, 0) is 30.0 Å². The monoisotopic (exact) mass is 560 g/mol. The van der Waals surface area contributed by atoms with Crippen LogP contribution in [0.2, 0.25) is 0 Å². The first-order chi connectivity index (χ1) is 18.9. The molecule has 14 nitrogen and oxygen atoms in total. The molecule has 0 spiro atoms. The molecule has 3 amide bonds. The summed E-state index contributed by atoms with van der Waals surface area (Å²) in [4.78, 5) is 68.6. The van der Waals surface area contributed by atoms with E-state index in [9.17, 15) is 34.2 Å². The average molecular weight is 561 g/mol. The zero-order valence-electron chi connectivity index (χ0n) is 22.3. The van der Waals surface area contributed by atoms with Crippen LogP contribution in [0.1, 0.15) is 44.4 Å². The lowest BCUT2D eigenvalue weighted by molar-refractivity contribution is -0.142. The molecule has 0 fully saturated rings. The van der Waals surface area contributed by atoms with Crippen LogP contribution < -0.4 is 21.7 Å². The molecule has 1 aromatic carbocycles. The predicted octanol–water partition coefficient (Wildman–Crippen LogP) is -0.322. The summed E-state index contributed by atoms with van der Waals surface area (Å²) in [6.45, 7) is 3.52. The largest absolute Gasteiger partial charge is 0.508 e. The Morgan fingerprint density at radius 3 is 2.15 bits per heavy atom. The van der Waals surface area contributed by atoms with Gasteiger partial charge in [-0.15, -0.1) is 0 Å². The Labute approximate surface area is 230 Å². The molecule has 0 aliphatic rings. The maximum Gasteiger partial charge on any atom is 0.326 e. The maximum atomic E-state index is 13.4. The van der Waals surface area contributed by atoms with E-state index in [1.807, 2.05) is 0 Å². The minimum absolute atomic E-state index is 0.00179. The number of imidazole rings is 1. The van der Waals surface area contributed by atoms with Crippen molar-refractivity contribution < 1.29 is 39.3 Å². The van der Waals surface area contributed by atoms with Crippen molar-refractivity contribution in [2.75, 3.05) is 0 Å². The average Bonchev–Trinajstić information content (AvgIpc) is 3.43. The summed E-state index contributed by atoms with van der Waals surface area (Å²) >= 11 is 0. The number of aromatic amines is 1. The van der Waals surface area contributed by atoms with Crippen molar-refractivity contribution in [2.24, 2.45) is 11.7 Å². The number of aromatic hydroxyl groups is 1. The van der Waals surface area contributed by atoms with E-state index in [-0.39, 0.29) is 37.4 Å². The summed E-state index contributed by atoms with van der Waals surface area (Å²) in [5.41, 5.74) is 6.85. The van der Waals surface area contributed by atoms with Crippen LogP contribution in [0, 0.1) is 5.92 Å². The second-order valence-electron chi connectivity index (χ2n) is 9.52. The molecule has 40 heavy (non-hydrogen) atoms. The van der Waals surface area contributed by atoms with Gasteiger partial charge in [0.25, 0.3) is 0 Å². The molecule has 1 heterocycles. The highest BCUT2D eigenvalue weighted by Gasteiger charge is 2.33. The SMILES string of the molecule is CCC(C)C(NC(=O)C(N)CCC(=O)O)C(=O)NC(Cc1ccc(O)cc1)C(=O)NC(Cc1cnc[nH]1)C(=O)O. The number of phenols is 1. The summed E-state index contributed by atoms with van der Waals surface area (Å²) < 4.78 is 0. The van der Waals surface area contributed by atoms with Crippen molar-refractivity contribution >= 4 is 29.7 Å². The lowest BCUT2D eigenvalue weighted by Crippen LogP contribution is -2.59. The third-order valence-corrected chi connectivity index (χ3v) is 6.40. The highest BCUT2D eigenvalue weighted by Crippen LogP contribution is 2.14. The molecule has 0 aliphatic heterocycles. The van der Waals surface area contributed by atoms with Crippen LogP contribution in [0.3, 0.4) is 0 Å². The fraction of sp³-hybridized carbons (Fsp3) is 0.462. The smallest absolute Gasteiger partial charge is 0.326 e. The van der Waals surface area contributed by atoms with Gasteiger partial charge in [0.2, 0.25) is 17.7 Å².